The molecule has 2 aromatic carbocycles. The zero-order valence-corrected chi connectivity index (χ0v) is 23.1. The van der Waals surface area contributed by atoms with Gasteiger partial charge in [0, 0.05) is 34.0 Å². The highest BCUT2D eigenvalue weighted by Gasteiger charge is 2.32. The lowest BCUT2D eigenvalue weighted by Crippen LogP contribution is -2.41. The summed E-state index contributed by atoms with van der Waals surface area (Å²) < 4.78 is 8.46. The lowest BCUT2D eigenvalue weighted by molar-refractivity contribution is 0.198. The van der Waals surface area contributed by atoms with Gasteiger partial charge in [0.25, 0.3) is 0 Å². The molecule has 2 aliphatic rings. The van der Waals surface area contributed by atoms with Crippen molar-refractivity contribution in [3.63, 3.8) is 0 Å². The molecular formula is C29H34ClN5O3. The van der Waals surface area contributed by atoms with Crippen LogP contribution in [-0.4, -0.2) is 52.1 Å². The summed E-state index contributed by atoms with van der Waals surface area (Å²) >= 11 is 6.10. The maximum Gasteiger partial charge on any atom is 0.412 e. The Kier molecular flexibility index (Phi) is 8.60. The van der Waals surface area contributed by atoms with Crippen molar-refractivity contribution in [3.05, 3.63) is 58.9 Å². The highest BCUT2D eigenvalue weighted by atomic mass is 35.5. The number of anilines is 1. The second-order valence-electron chi connectivity index (χ2n) is 9.58. The average Bonchev–Trinajstić information content (AvgIpc) is 3.41. The van der Waals surface area contributed by atoms with E-state index in [-0.39, 0.29) is 6.04 Å². The van der Waals surface area contributed by atoms with Gasteiger partial charge in [-0.3, -0.25) is 9.58 Å². The number of fused-ring (bicyclic) bond motifs is 1. The van der Waals surface area contributed by atoms with E-state index in [4.69, 9.17) is 16.3 Å². The monoisotopic (exact) mass is 535 g/mol. The van der Waals surface area contributed by atoms with Gasteiger partial charge in [0.05, 0.1) is 23.5 Å². The van der Waals surface area contributed by atoms with Crippen LogP contribution in [0.25, 0.3) is 11.1 Å². The van der Waals surface area contributed by atoms with Gasteiger partial charge in [0.1, 0.15) is 17.6 Å². The third-order valence-electron chi connectivity index (χ3n) is 7.20. The van der Waals surface area contributed by atoms with E-state index in [1.165, 1.54) is 4.90 Å². The lowest BCUT2D eigenvalue weighted by Gasteiger charge is -2.34. The van der Waals surface area contributed by atoms with Crippen molar-refractivity contribution < 1.29 is 14.6 Å². The van der Waals surface area contributed by atoms with E-state index in [1.807, 2.05) is 50.0 Å². The first-order valence-corrected chi connectivity index (χ1v) is 13.5. The van der Waals surface area contributed by atoms with Gasteiger partial charge >= 0.3 is 6.09 Å². The topological polar surface area (TPSA) is 94.6 Å². The summed E-state index contributed by atoms with van der Waals surface area (Å²) in [5.41, 5.74) is 3.42. The zero-order chi connectivity index (χ0) is 27.4. The quantitative estimate of drug-likeness (QED) is 0.387. The number of hydrogen-bond donors (Lipinski definition) is 1. The fourth-order valence-electron chi connectivity index (χ4n) is 5.16. The van der Waals surface area contributed by atoms with Crippen LogP contribution < -0.4 is 9.64 Å². The van der Waals surface area contributed by atoms with Crippen LogP contribution in [0.3, 0.4) is 0 Å². The largest absolute Gasteiger partial charge is 0.465 e. The lowest BCUT2D eigenvalue weighted by atomic mass is 9.92. The summed E-state index contributed by atoms with van der Waals surface area (Å²) in [7, 11) is 2.13. The Balaban J connectivity index is 0.00000164. The van der Waals surface area contributed by atoms with E-state index in [9.17, 15) is 15.2 Å². The van der Waals surface area contributed by atoms with Crippen LogP contribution in [0.15, 0.2) is 42.7 Å². The van der Waals surface area contributed by atoms with E-state index in [1.54, 1.807) is 18.2 Å². The van der Waals surface area contributed by atoms with Crippen molar-refractivity contribution in [1.82, 2.24) is 14.7 Å². The molecule has 200 valence electrons. The maximum absolute atomic E-state index is 12.1. The van der Waals surface area contributed by atoms with Crippen LogP contribution in [0, 0.1) is 11.3 Å². The Morgan fingerprint density at radius 3 is 2.61 bits per heavy atom. The molecule has 0 radical (unpaired) electrons. The first-order valence-electron chi connectivity index (χ1n) is 13.1. The molecule has 1 saturated heterocycles. The molecule has 0 bridgehead atoms. The van der Waals surface area contributed by atoms with E-state index < -0.39 is 6.09 Å². The molecule has 3 heterocycles. The molecule has 0 aliphatic carbocycles. The number of ether oxygens (including phenoxy) is 1. The number of amides is 1. The van der Waals surface area contributed by atoms with Gasteiger partial charge in [-0.15, -0.1) is 0 Å². The van der Waals surface area contributed by atoms with Crippen LogP contribution in [0.1, 0.15) is 57.2 Å². The predicted molar refractivity (Wildman–Crippen MR) is 149 cm³/mol. The SMILES string of the molecule is CC.CC1CCc2c(ccc(-c3cnn(C4CCN(C)CC4)c3)c2Oc2ccc(Cl)cc2C#N)N1C(=O)O. The normalized spacial score (nSPS) is 17.7. The molecule has 2 aliphatic heterocycles. The molecule has 0 spiro atoms. The molecule has 1 N–H and O–H groups in total. The van der Waals surface area contributed by atoms with Gasteiger partial charge in [0.2, 0.25) is 0 Å². The summed E-state index contributed by atoms with van der Waals surface area (Å²) in [6, 6.07) is 11.0. The minimum absolute atomic E-state index is 0.147. The fraction of sp³-hybridized carbons (Fsp3) is 0.414. The Morgan fingerprint density at radius 2 is 1.92 bits per heavy atom. The van der Waals surface area contributed by atoms with Gasteiger partial charge in [-0.25, -0.2) is 4.79 Å². The van der Waals surface area contributed by atoms with E-state index in [0.29, 0.717) is 46.7 Å². The third-order valence-corrected chi connectivity index (χ3v) is 7.44. The highest BCUT2D eigenvalue weighted by molar-refractivity contribution is 6.30. The minimum atomic E-state index is -0.999. The number of rotatable bonds is 4. The summed E-state index contributed by atoms with van der Waals surface area (Å²) in [6.45, 7) is 7.97. The number of hydrogen-bond acceptors (Lipinski definition) is 5. The first-order chi connectivity index (χ1) is 18.4. The molecule has 1 fully saturated rings. The summed E-state index contributed by atoms with van der Waals surface area (Å²) in [4.78, 5) is 15.8. The molecular weight excluding hydrogens is 502 g/mol. The Labute approximate surface area is 229 Å². The maximum atomic E-state index is 12.1. The molecule has 9 heteroatoms. The summed E-state index contributed by atoms with van der Waals surface area (Å²) in [5.74, 6) is 0.923. The molecule has 1 amide bonds. The van der Waals surface area contributed by atoms with Crippen molar-refractivity contribution in [1.29, 1.82) is 5.26 Å². The molecule has 1 atom stereocenters. The third kappa shape index (κ3) is 5.50. The minimum Gasteiger partial charge on any atom is -0.465 e. The van der Waals surface area contributed by atoms with Crippen LogP contribution >= 0.6 is 11.6 Å². The van der Waals surface area contributed by atoms with Gasteiger partial charge in [-0.05, 0) is 83.1 Å². The van der Waals surface area contributed by atoms with Crippen molar-refractivity contribution >= 4 is 23.4 Å². The number of nitrogens with zero attached hydrogens (tertiary/aromatic N) is 5. The van der Waals surface area contributed by atoms with Crippen LogP contribution in [0.5, 0.6) is 11.5 Å². The van der Waals surface area contributed by atoms with Crippen LogP contribution in [0.2, 0.25) is 5.02 Å². The molecule has 5 rings (SSSR count). The van der Waals surface area contributed by atoms with Crippen LogP contribution in [0.4, 0.5) is 10.5 Å². The number of piperidine rings is 1. The molecule has 3 aromatic rings. The summed E-state index contributed by atoms with van der Waals surface area (Å²) in [6.07, 6.45) is 6.27. The Bertz CT molecular complexity index is 1340. The van der Waals surface area contributed by atoms with Gasteiger partial charge in [0.15, 0.2) is 0 Å². The first kappa shape index (κ1) is 27.5. The second kappa shape index (κ2) is 11.9. The van der Waals surface area contributed by atoms with Gasteiger partial charge in [-0.2, -0.15) is 10.4 Å². The highest BCUT2D eigenvalue weighted by Crippen LogP contribution is 2.45. The number of halogens is 1. The average molecular weight is 536 g/mol. The predicted octanol–water partition coefficient (Wildman–Crippen LogP) is 6.98. The van der Waals surface area contributed by atoms with Crippen molar-refractivity contribution in [2.45, 2.75) is 58.5 Å². The number of aromatic nitrogens is 2. The van der Waals surface area contributed by atoms with E-state index in [2.05, 4.69) is 23.1 Å². The number of nitriles is 1. The molecule has 0 saturated carbocycles. The van der Waals surface area contributed by atoms with Crippen molar-refractivity contribution in [2.24, 2.45) is 0 Å². The zero-order valence-electron chi connectivity index (χ0n) is 22.3. The molecule has 38 heavy (non-hydrogen) atoms. The Morgan fingerprint density at radius 1 is 1.18 bits per heavy atom. The molecule has 8 nitrogen and oxygen atoms in total. The number of likely N-dealkylation sites (tertiary alicyclic amines) is 1. The standard InChI is InChI=1S/C27H28ClN5O3.C2H6/c1-17-3-5-23-24(33(17)27(34)35)7-6-22(26(23)36-25-8-4-20(28)13-18(25)14-29)19-15-30-32(16-19)21-9-11-31(2)12-10-21;1-2/h4,6-8,13,15-17,21H,3,5,9-12H2,1-2H3,(H,34,35);1-2H3. The fourth-order valence-corrected chi connectivity index (χ4v) is 5.34. The number of carbonyl (C=O) groups is 1. The number of benzene rings is 2. The summed E-state index contributed by atoms with van der Waals surface area (Å²) in [5, 5.41) is 24.7. The van der Waals surface area contributed by atoms with Gasteiger partial charge < -0.3 is 14.7 Å². The molecule has 1 unspecified atom stereocenters. The van der Waals surface area contributed by atoms with Crippen LogP contribution in [-0.2, 0) is 6.42 Å². The Hall–Kier alpha value is -3.54. The second-order valence-corrected chi connectivity index (χ2v) is 10.0. The smallest absolute Gasteiger partial charge is 0.412 e. The van der Waals surface area contributed by atoms with Crippen molar-refractivity contribution in [2.75, 3.05) is 25.0 Å². The van der Waals surface area contributed by atoms with Gasteiger partial charge in [-0.1, -0.05) is 25.4 Å². The van der Waals surface area contributed by atoms with E-state index >= 15 is 0 Å². The van der Waals surface area contributed by atoms with Crippen molar-refractivity contribution in [3.8, 4) is 28.7 Å². The van der Waals surface area contributed by atoms with E-state index in [0.717, 1.165) is 42.6 Å². The number of carboxylic acid groups (broad SMARTS) is 1. The molecule has 1 aromatic heterocycles.